The van der Waals surface area contributed by atoms with Gasteiger partial charge in [0.1, 0.15) is 0 Å². The van der Waals surface area contributed by atoms with Gasteiger partial charge in [-0.1, -0.05) is 0 Å². The van der Waals surface area contributed by atoms with Gasteiger partial charge in [0.05, 0.1) is 12.6 Å². The Morgan fingerprint density at radius 2 is 1.92 bits per heavy atom. The molecule has 0 aliphatic heterocycles. The average molecular weight is 178 g/mol. The predicted octanol–water partition coefficient (Wildman–Crippen LogP) is 0.751. The van der Waals surface area contributed by atoms with Crippen molar-refractivity contribution in [1.82, 2.24) is 4.90 Å². The van der Waals surface area contributed by atoms with E-state index >= 15 is 0 Å². The van der Waals surface area contributed by atoms with E-state index in [4.69, 9.17) is 0 Å². The second-order valence-corrected chi connectivity index (χ2v) is 2.61. The van der Waals surface area contributed by atoms with Gasteiger partial charge < -0.3 is 4.90 Å². The first-order valence-corrected chi connectivity index (χ1v) is 4.00. The van der Waals surface area contributed by atoms with Crippen molar-refractivity contribution >= 4 is 35.6 Å². The first-order chi connectivity index (χ1) is 5.27. The van der Waals surface area contributed by atoms with E-state index in [1.165, 1.54) is 0 Å². The Kier molecular flexibility index (Phi) is 14.0. The molecule has 0 aromatic carbocycles. The minimum atomic E-state index is 0. The van der Waals surface area contributed by atoms with Gasteiger partial charge in [-0.25, -0.2) is 9.98 Å². The maximum absolute atomic E-state index is 3.99. The van der Waals surface area contributed by atoms with Crippen LogP contribution in [0.3, 0.4) is 0 Å². The van der Waals surface area contributed by atoms with Crippen molar-refractivity contribution in [3.63, 3.8) is 0 Å². The van der Waals surface area contributed by atoms with Crippen molar-refractivity contribution < 1.29 is 0 Å². The molecule has 3 nitrogen and oxygen atoms in total. The smallest absolute Gasteiger partial charge is 0.0892 e. The Hall–Kier alpha value is 0.340. The van der Waals surface area contributed by atoms with Crippen molar-refractivity contribution in [2.24, 2.45) is 9.98 Å². The Morgan fingerprint density at radius 3 is 2.42 bits per heavy atom. The molecule has 0 aliphatic carbocycles. The molecule has 0 spiro atoms. The summed E-state index contributed by atoms with van der Waals surface area (Å²) < 4.78 is 0. The van der Waals surface area contributed by atoms with Gasteiger partial charge in [-0.3, -0.25) is 0 Å². The summed E-state index contributed by atoms with van der Waals surface area (Å²) in [6.07, 6.45) is 1.08. The standard InChI is InChI=1S/C8H17N3.Na/c1-4-9-8-10-6-5-7-11(2)3;/h4-7H2,1-3H3;. The summed E-state index contributed by atoms with van der Waals surface area (Å²) >= 11 is 0. The normalized spacial score (nSPS) is 8.67. The van der Waals surface area contributed by atoms with Gasteiger partial charge in [-0.05, 0) is 34.0 Å². The van der Waals surface area contributed by atoms with Crippen molar-refractivity contribution in [2.75, 3.05) is 33.7 Å². The molecule has 0 unspecified atom stereocenters. The van der Waals surface area contributed by atoms with Crippen LogP contribution in [0.1, 0.15) is 13.3 Å². The van der Waals surface area contributed by atoms with Crippen molar-refractivity contribution in [2.45, 2.75) is 13.3 Å². The van der Waals surface area contributed by atoms with E-state index in [1.807, 2.05) is 6.92 Å². The third-order valence-electron chi connectivity index (χ3n) is 1.17. The number of aliphatic imine (C=N–C) groups is 2. The van der Waals surface area contributed by atoms with E-state index in [0.29, 0.717) is 0 Å². The van der Waals surface area contributed by atoms with E-state index < -0.39 is 0 Å². The van der Waals surface area contributed by atoms with Crippen LogP contribution in [0, 0.1) is 0 Å². The topological polar surface area (TPSA) is 28.0 Å². The molecular formula is C8H17N3Na. The fraction of sp³-hybridized carbons (Fsp3) is 0.875. The molecule has 0 saturated carbocycles. The molecule has 0 aromatic rings. The fourth-order valence-electron chi connectivity index (χ4n) is 0.637. The zero-order valence-electron chi connectivity index (χ0n) is 8.67. The number of nitrogens with zero attached hydrogens (tertiary/aromatic N) is 3. The fourth-order valence-corrected chi connectivity index (χ4v) is 0.637. The Bertz CT molecular complexity index is 139. The van der Waals surface area contributed by atoms with Crippen molar-refractivity contribution in [3.05, 3.63) is 0 Å². The molecule has 0 rings (SSSR count). The summed E-state index contributed by atoms with van der Waals surface area (Å²) in [7, 11) is 4.12. The van der Waals surface area contributed by atoms with Crippen LogP contribution in [-0.2, 0) is 0 Å². The molecule has 12 heavy (non-hydrogen) atoms. The first-order valence-electron chi connectivity index (χ1n) is 4.00. The molecule has 1 radical (unpaired) electrons. The molecule has 0 bridgehead atoms. The largest absolute Gasteiger partial charge is 0.309 e. The summed E-state index contributed by atoms with van der Waals surface area (Å²) in [6.45, 7) is 4.67. The maximum atomic E-state index is 3.99. The molecule has 0 N–H and O–H groups in total. The second kappa shape index (κ2) is 11.3. The SMILES string of the molecule is CCN=C=NCCCN(C)C.[Na]. The summed E-state index contributed by atoms with van der Waals surface area (Å²) in [5.74, 6) is 0. The molecule has 0 heterocycles. The number of hydrogen-bond acceptors (Lipinski definition) is 3. The summed E-state index contributed by atoms with van der Waals surface area (Å²) in [4.78, 5) is 9.99. The van der Waals surface area contributed by atoms with E-state index in [2.05, 4.69) is 35.0 Å². The summed E-state index contributed by atoms with van der Waals surface area (Å²) in [5, 5.41) is 0. The average Bonchev–Trinajstić information content (AvgIpc) is 1.96. The van der Waals surface area contributed by atoms with Crippen LogP contribution in [0.4, 0.5) is 0 Å². The molecule has 0 saturated heterocycles. The van der Waals surface area contributed by atoms with Gasteiger partial charge in [0.2, 0.25) is 0 Å². The van der Waals surface area contributed by atoms with Crippen LogP contribution in [0.25, 0.3) is 0 Å². The van der Waals surface area contributed by atoms with Crippen LogP contribution < -0.4 is 0 Å². The van der Waals surface area contributed by atoms with Gasteiger partial charge in [-0.2, -0.15) is 0 Å². The van der Waals surface area contributed by atoms with Gasteiger partial charge in [0.25, 0.3) is 0 Å². The zero-order chi connectivity index (χ0) is 8.53. The van der Waals surface area contributed by atoms with Crippen LogP contribution in [0.15, 0.2) is 9.98 Å². The second-order valence-electron chi connectivity index (χ2n) is 2.61. The molecule has 0 fully saturated rings. The van der Waals surface area contributed by atoms with E-state index in [9.17, 15) is 0 Å². The minimum absolute atomic E-state index is 0. The van der Waals surface area contributed by atoms with E-state index in [0.717, 1.165) is 26.1 Å². The molecule has 0 amide bonds. The third-order valence-corrected chi connectivity index (χ3v) is 1.17. The van der Waals surface area contributed by atoms with Crippen LogP contribution >= 0.6 is 0 Å². The maximum Gasteiger partial charge on any atom is 0.0892 e. The Balaban J connectivity index is 0. The number of hydrogen-bond donors (Lipinski definition) is 0. The quantitative estimate of drug-likeness (QED) is 0.347. The van der Waals surface area contributed by atoms with Crippen molar-refractivity contribution in [1.29, 1.82) is 0 Å². The predicted molar refractivity (Wildman–Crippen MR) is 54.2 cm³/mol. The third kappa shape index (κ3) is 13.0. The molecule has 65 valence electrons. The van der Waals surface area contributed by atoms with Gasteiger partial charge >= 0.3 is 0 Å². The monoisotopic (exact) mass is 178 g/mol. The van der Waals surface area contributed by atoms with E-state index in [-0.39, 0.29) is 29.6 Å². The molecule has 0 aliphatic rings. The summed E-state index contributed by atoms with van der Waals surface area (Å²) in [6, 6.07) is 2.64. The van der Waals surface area contributed by atoms with Gasteiger partial charge in [0, 0.05) is 36.1 Å². The zero-order valence-corrected chi connectivity index (χ0v) is 10.7. The molecule has 0 atom stereocenters. The molecule has 0 aromatic heterocycles. The number of rotatable bonds is 5. The van der Waals surface area contributed by atoms with E-state index in [1.54, 1.807) is 0 Å². The Morgan fingerprint density at radius 1 is 1.25 bits per heavy atom. The van der Waals surface area contributed by atoms with Gasteiger partial charge in [0.15, 0.2) is 0 Å². The van der Waals surface area contributed by atoms with Gasteiger partial charge in [-0.15, -0.1) is 0 Å². The van der Waals surface area contributed by atoms with Crippen LogP contribution in [0.5, 0.6) is 0 Å². The van der Waals surface area contributed by atoms with Crippen LogP contribution in [0.2, 0.25) is 0 Å². The Labute approximate surface area is 97.3 Å². The van der Waals surface area contributed by atoms with Crippen molar-refractivity contribution in [3.8, 4) is 0 Å². The molecular weight excluding hydrogens is 161 g/mol. The first kappa shape index (κ1) is 14.8. The molecule has 4 heteroatoms. The van der Waals surface area contributed by atoms with Crippen LogP contribution in [-0.4, -0.2) is 74.2 Å². The minimum Gasteiger partial charge on any atom is -0.309 e. The summed E-state index contributed by atoms with van der Waals surface area (Å²) in [5.41, 5.74) is 0.